The fraction of sp³-hybridized carbons (Fsp3) is 0.381. The fourth-order valence-corrected chi connectivity index (χ4v) is 3.76. The van der Waals surface area contributed by atoms with Crippen molar-refractivity contribution in [1.82, 2.24) is 0 Å². The molecule has 0 aliphatic carbocycles. The highest BCUT2D eigenvalue weighted by molar-refractivity contribution is 6.33. The van der Waals surface area contributed by atoms with Crippen LogP contribution in [0, 0.1) is 12.7 Å². The van der Waals surface area contributed by atoms with Crippen molar-refractivity contribution in [2.24, 2.45) is 4.99 Å². The highest BCUT2D eigenvalue weighted by atomic mass is 35.5. The number of fused-ring (bicyclic) bond motifs is 1. The van der Waals surface area contributed by atoms with Gasteiger partial charge in [-0.3, -0.25) is 4.99 Å². The van der Waals surface area contributed by atoms with Gasteiger partial charge in [-0.15, -0.1) is 0 Å². The van der Waals surface area contributed by atoms with Crippen LogP contribution in [0.4, 0.5) is 15.8 Å². The van der Waals surface area contributed by atoms with Crippen molar-refractivity contribution in [3.63, 3.8) is 0 Å². The molecule has 1 unspecified atom stereocenters. The maximum Gasteiger partial charge on any atom is 0.126 e. The molecule has 0 fully saturated rings. The molecular formula is C21H24ClFN2. The van der Waals surface area contributed by atoms with Gasteiger partial charge in [0.2, 0.25) is 0 Å². The number of hydrogen-bond donors (Lipinski definition) is 0. The summed E-state index contributed by atoms with van der Waals surface area (Å²) in [7, 11) is 2.12. The van der Waals surface area contributed by atoms with Crippen LogP contribution in [0.1, 0.15) is 49.8 Å². The summed E-state index contributed by atoms with van der Waals surface area (Å²) in [5.74, 6) is 0.240. The van der Waals surface area contributed by atoms with E-state index >= 15 is 0 Å². The van der Waals surface area contributed by atoms with E-state index in [-0.39, 0.29) is 11.4 Å². The predicted molar refractivity (Wildman–Crippen MR) is 105 cm³/mol. The van der Waals surface area contributed by atoms with Crippen molar-refractivity contribution in [2.75, 3.05) is 11.9 Å². The van der Waals surface area contributed by atoms with Gasteiger partial charge >= 0.3 is 0 Å². The Morgan fingerprint density at radius 1 is 1.28 bits per heavy atom. The molecule has 0 amide bonds. The number of anilines is 1. The monoisotopic (exact) mass is 358 g/mol. The molecule has 3 rings (SSSR count). The van der Waals surface area contributed by atoms with Gasteiger partial charge in [-0.2, -0.15) is 0 Å². The van der Waals surface area contributed by atoms with Crippen molar-refractivity contribution in [3.8, 4) is 0 Å². The smallest absolute Gasteiger partial charge is 0.126 e. The van der Waals surface area contributed by atoms with E-state index < -0.39 is 0 Å². The number of benzene rings is 2. The van der Waals surface area contributed by atoms with Crippen LogP contribution >= 0.6 is 11.6 Å². The molecule has 1 aliphatic heterocycles. The van der Waals surface area contributed by atoms with Gasteiger partial charge in [-0.25, -0.2) is 4.39 Å². The molecule has 4 heteroatoms. The molecule has 1 aliphatic rings. The lowest BCUT2D eigenvalue weighted by molar-refractivity contribution is 0.395. The summed E-state index contributed by atoms with van der Waals surface area (Å²) in [4.78, 5) is 6.78. The summed E-state index contributed by atoms with van der Waals surface area (Å²) >= 11 is 6.51. The topological polar surface area (TPSA) is 15.6 Å². The lowest BCUT2D eigenvalue weighted by Crippen LogP contribution is -2.45. The van der Waals surface area contributed by atoms with E-state index in [9.17, 15) is 4.39 Å². The van der Waals surface area contributed by atoms with Gasteiger partial charge in [-0.05, 0) is 74.6 Å². The van der Waals surface area contributed by atoms with Gasteiger partial charge in [0.15, 0.2) is 0 Å². The first-order chi connectivity index (χ1) is 11.7. The Morgan fingerprint density at radius 3 is 2.68 bits per heavy atom. The van der Waals surface area contributed by atoms with Gasteiger partial charge in [0.1, 0.15) is 5.82 Å². The van der Waals surface area contributed by atoms with Gasteiger partial charge in [0, 0.05) is 30.1 Å². The first kappa shape index (κ1) is 17.9. The lowest BCUT2D eigenvalue weighted by Gasteiger charge is -2.45. The quantitative estimate of drug-likeness (QED) is 0.578. The predicted octanol–water partition coefficient (Wildman–Crippen LogP) is 6.26. The zero-order chi connectivity index (χ0) is 18.4. The zero-order valence-corrected chi connectivity index (χ0v) is 16.2. The summed E-state index contributed by atoms with van der Waals surface area (Å²) in [6, 6.07) is 9.01. The maximum absolute atomic E-state index is 13.4. The average Bonchev–Trinajstić information content (AvgIpc) is 2.54. The second kappa shape index (κ2) is 6.45. The Hall–Kier alpha value is -1.87. The van der Waals surface area contributed by atoms with Crippen LogP contribution in [0.5, 0.6) is 0 Å². The molecule has 0 radical (unpaired) electrons. The fourth-order valence-electron chi connectivity index (χ4n) is 3.56. The minimum Gasteiger partial charge on any atom is -0.369 e. The van der Waals surface area contributed by atoms with Crippen LogP contribution in [0.25, 0.3) is 0 Å². The van der Waals surface area contributed by atoms with Gasteiger partial charge < -0.3 is 4.90 Å². The molecule has 0 bridgehead atoms. The number of aryl methyl sites for hydroxylation is 1. The van der Waals surface area contributed by atoms with E-state index in [4.69, 9.17) is 11.6 Å². The molecule has 1 atom stereocenters. The summed E-state index contributed by atoms with van der Waals surface area (Å²) in [5, 5.41) is 0.679. The summed E-state index contributed by atoms with van der Waals surface area (Å²) in [5.41, 5.74) is 4.79. The Morgan fingerprint density at radius 2 is 2.00 bits per heavy atom. The number of rotatable bonds is 2. The van der Waals surface area contributed by atoms with Crippen molar-refractivity contribution < 1.29 is 4.39 Å². The SMILES string of the molecule is Cc1cc(N=Cc2cc3c(cc2Cl)N(C)C(C)(C)CC3C)ccc1F. The third kappa shape index (κ3) is 3.43. The average molecular weight is 359 g/mol. The molecule has 0 spiro atoms. The third-order valence-corrected chi connectivity index (χ3v) is 5.57. The molecule has 0 aromatic heterocycles. The van der Waals surface area contributed by atoms with Crippen LogP contribution in [0.3, 0.4) is 0 Å². The minimum atomic E-state index is -0.217. The first-order valence-electron chi connectivity index (χ1n) is 8.56. The standard InChI is InChI=1S/C21H24ClFN2/c1-13-8-16(6-7-19(13)23)24-12-15-9-17-14(2)11-21(3,4)25(5)20(17)10-18(15)22/h6-10,12,14H,11H2,1-5H3. The van der Waals surface area contributed by atoms with Crippen molar-refractivity contribution in [3.05, 3.63) is 57.9 Å². The van der Waals surface area contributed by atoms with Crippen LogP contribution < -0.4 is 4.90 Å². The summed E-state index contributed by atoms with van der Waals surface area (Å²) in [6.07, 6.45) is 2.85. The third-order valence-electron chi connectivity index (χ3n) is 5.25. The van der Waals surface area contributed by atoms with E-state index in [1.807, 2.05) is 6.07 Å². The molecule has 132 valence electrons. The molecule has 0 N–H and O–H groups in total. The number of nitrogens with zero attached hydrogens (tertiary/aromatic N) is 2. The van der Waals surface area contributed by atoms with Gasteiger partial charge in [0.05, 0.1) is 10.7 Å². The highest BCUT2D eigenvalue weighted by Crippen LogP contribution is 2.44. The highest BCUT2D eigenvalue weighted by Gasteiger charge is 2.34. The number of aliphatic imine (C=N–C) groups is 1. The van der Waals surface area contributed by atoms with E-state index in [0.29, 0.717) is 16.5 Å². The summed E-state index contributed by atoms with van der Waals surface area (Å²) in [6.45, 7) is 8.50. The Balaban J connectivity index is 1.98. The van der Waals surface area contributed by atoms with Crippen LogP contribution in [-0.2, 0) is 0 Å². The Labute approximate surface area is 154 Å². The Bertz CT molecular complexity index is 842. The second-order valence-corrected chi connectivity index (χ2v) is 8.01. The normalized spacial score (nSPS) is 19.3. The molecule has 2 aromatic rings. The summed E-state index contributed by atoms with van der Waals surface area (Å²) < 4.78 is 13.4. The maximum atomic E-state index is 13.4. The van der Waals surface area contributed by atoms with E-state index in [2.05, 4.69) is 43.8 Å². The van der Waals surface area contributed by atoms with E-state index in [1.54, 1.807) is 25.3 Å². The van der Waals surface area contributed by atoms with Crippen LogP contribution in [0.2, 0.25) is 5.02 Å². The first-order valence-corrected chi connectivity index (χ1v) is 8.94. The van der Waals surface area contributed by atoms with E-state index in [1.165, 1.54) is 17.3 Å². The lowest BCUT2D eigenvalue weighted by atomic mass is 9.80. The molecule has 0 saturated heterocycles. The molecule has 2 nitrogen and oxygen atoms in total. The van der Waals surface area contributed by atoms with E-state index in [0.717, 1.165) is 17.7 Å². The second-order valence-electron chi connectivity index (χ2n) is 7.60. The molecule has 0 saturated carbocycles. The largest absolute Gasteiger partial charge is 0.369 e. The van der Waals surface area contributed by atoms with Crippen LogP contribution in [-0.4, -0.2) is 18.8 Å². The zero-order valence-electron chi connectivity index (χ0n) is 15.4. The van der Waals surface area contributed by atoms with Gasteiger partial charge in [0.25, 0.3) is 0 Å². The van der Waals surface area contributed by atoms with Crippen molar-refractivity contribution >= 4 is 29.2 Å². The minimum absolute atomic E-state index is 0.108. The molecule has 1 heterocycles. The molecule has 25 heavy (non-hydrogen) atoms. The number of halogens is 2. The van der Waals surface area contributed by atoms with Crippen molar-refractivity contribution in [1.29, 1.82) is 0 Å². The van der Waals surface area contributed by atoms with Gasteiger partial charge in [-0.1, -0.05) is 18.5 Å². The number of hydrogen-bond acceptors (Lipinski definition) is 2. The molecule has 2 aromatic carbocycles. The van der Waals surface area contributed by atoms with Crippen LogP contribution in [0.15, 0.2) is 35.3 Å². The van der Waals surface area contributed by atoms with Crippen molar-refractivity contribution in [2.45, 2.75) is 45.6 Å². The molecular weight excluding hydrogens is 335 g/mol. The Kier molecular flexibility index (Phi) is 4.63.